The second-order valence-electron chi connectivity index (χ2n) is 9.06. The lowest BCUT2D eigenvalue weighted by Gasteiger charge is -2.29. The number of thiophene rings is 1. The Morgan fingerprint density at radius 3 is 2.29 bits per heavy atom. The molecule has 1 atom stereocenters. The van der Waals surface area contributed by atoms with Gasteiger partial charge in [0.2, 0.25) is 0 Å². The fraction of sp³-hybridized carbons (Fsp3) is 0.286. The minimum atomic E-state index is -0.786. The summed E-state index contributed by atoms with van der Waals surface area (Å²) < 4.78 is 6.03. The van der Waals surface area contributed by atoms with Crippen molar-refractivity contribution < 1.29 is 19.4 Å². The number of Topliss-reactive ketones (excluding diaryl/α,β-unsaturated/α-hetero) is 1. The maximum atomic E-state index is 13.3. The van der Waals surface area contributed by atoms with Gasteiger partial charge in [-0.2, -0.15) is 0 Å². The van der Waals surface area contributed by atoms with Gasteiger partial charge < -0.3 is 9.84 Å². The van der Waals surface area contributed by atoms with Gasteiger partial charge in [0, 0.05) is 22.0 Å². The molecule has 1 aromatic heterocycles. The van der Waals surface area contributed by atoms with E-state index in [1.807, 2.05) is 62.4 Å². The smallest absolute Gasteiger partial charge is 0.294 e. The lowest BCUT2D eigenvalue weighted by Crippen LogP contribution is -2.32. The molecule has 6 heteroatoms. The zero-order valence-electron chi connectivity index (χ0n) is 20.0. The number of aliphatic hydroxyl groups is 1. The van der Waals surface area contributed by atoms with Crippen molar-refractivity contribution in [3.63, 3.8) is 0 Å². The summed E-state index contributed by atoms with van der Waals surface area (Å²) in [5, 5.41) is 13.0. The number of carbonyl (C=O) groups is 2. The van der Waals surface area contributed by atoms with Gasteiger partial charge in [-0.15, -0.1) is 11.3 Å². The molecule has 34 heavy (non-hydrogen) atoms. The molecule has 1 N–H and O–H groups in total. The molecule has 0 spiro atoms. The first-order chi connectivity index (χ1) is 16.2. The summed E-state index contributed by atoms with van der Waals surface area (Å²) in [5.74, 6) is -1.15. The van der Waals surface area contributed by atoms with E-state index in [1.165, 1.54) is 9.78 Å². The van der Waals surface area contributed by atoms with E-state index in [2.05, 4.69) is 18.4 Å². The summed E-state index contributed by atoms with van der Waals surface area (Å²) in [7, 11) is 0. The number of aryl methyl sites for hydroxylation is 1. The van der Waals surface area contributed by atoms with Crippen LogP contribution in [0.3, 0.4) is 0 Å². The van der Waals surface area contributed by atoms with Crippen LogP contribution in [0.1, 0.15) is 44.2 Å². The topological polar surface area (TPSA) is 66.8 Å². The Hall–Kier alpha value is -3.38. The van der Waals surface area contributed by atoms with Gasteiger partial charge in [0.05, 0.1) is 17.7 Å². The number of rotatable bonds is 7. The first-order valence-corrected chi connectivity index (χ1v) is 12.3. The van der Waals surface area contributed by atoms with E-state index < -0.39 is 17.7 Å². The zero-order chi connectivity index (χ0) is 24.6. The zero-order valence-corrected chi connectivity index (χ0v) is 20.8. The maximum absolute atomic E-state index is 13.3. The molecule has 1 aliphatic heterocycles. The third-order valence-corrected chi connectivity index (χ3v) is 6.65. The molecule has 176 valence electrons. The third-order valence-electron chi connectivity index (χ3n) is 5.78. The quantitative estimate of drug-likeness (QED) is 0.416. The summed E-state index contributed by atoms with van der Waals surface area (Å²) in [4.78, 5) is 29.3. The second kappa shape index (κ2) is 9.47. The average molecular weight is 476 g/mol. The molecule has 5 nitrogen and oxygen atoms in total. The van der Waals surface area contributed by atoms with E-state index in [1.54, 1.807) is 25.2 Å². The minimum absolute atomic E-state index is 0.0955. The van der Waals surface area contributed by atoms with E-state index in [9.17, 15) is 14.7 Å². The predicted octanol–water partition coefficient (Wildman–Crippen LogP) is 6.64. The number of anilines is 1. The van der Waals surface area contributed by atoms with E-state index in [0.717, 1.165) is 11.1 Å². The number of hydrogen-bond acceptors (Lipinski definition) is 5. The van der Waals surface area contributed by atoms with Crippen LogP contribution in [-0.2, 0) is 9.59 Å². The Labute approximate surface area is 204 Å². The van der Waals surface area contributed by atoms with Crippen molar-refractivity contribution in [3.8, 4) is 16.9 Å². The van der Waals surface area contributed by atoms with Crippen LogP contribution in [0.4, 0.5) is 5.69 Å². The highest BCUT2D eigenvalue weighted by Gasteiger charge is 2.45. The van der Waals surface area contributed by atoms with Gasteiger partial charge in [-0.05, 0) is 61.5 Å². The standard InChI is InChI=1S/C28H29NO4S/c1-16(2)26(30)24-25(22-8-6-7-9-23(22)33-17(3)4)29(28(32)27(24)31)21-12-10-19(11-13-21)20-14-18(5)34-15-20/h6-17,25,31H,1-5H3. The SMILES string of the molecule is Cc1cc(-c2ccc(N3C(=O)C(O)=C(C(=O)C(C)C)C3c3ccccc3OC(C)C)cc2)cs1. The van der Waals surface area contributed by atoms with Gasteiger partial charge in [-0.3, -0.25) is 14.5 Å². The van der Waals surface area contributed by atoms with Gasteiger partial charge in [0.1, 0.15) is 5.75 Å². The molecule has 0 saturated heterocycles. The van der Waals surface area contributed by atoms with Crippen molar-refractivity contribution in [2.45, 2.75) is 46.8 Å². The van der Waals surface area contributed by atoms with Crippen molar-refractivity contribution in [1.29, 1.82) is 0 Å². The maximum Gasteiger partial charge on any atom is 0.294 e. The predicted molar refractivity (Wildman–Crippen MR) is 136 cm³/mol. The molecule has 0 aliphatic carbocycles. The Bertz CT molecular complexity index is 1250. The molecule has 3 aromatic rings. The van der Waals surface area contributed by atoms with Crippen LogP contribution in [0.5, 0.6) is 5.75 Å². The number of amides is 1. The summed E-state index contributed by atoms with van der Waals surface area (Å²) in [6.45, 7) is 9.44. The molecule has 2 heterocycles. The number of benzene rings is 2. The lowest BCUT2D eigenvalue weighted by atomic mass is 9.90. The van der Waals surface area contributed by atoms with Gasteiger partial charge in [-0.1, -0.05) is 44.2 Å². The fourth-order valence-corrected chi connectivity index (χ4v) is 4.92. The fourth-order valence-electron chi connectivity index (χ4n) is 4.21. The third kappa shape index (κ3) is 4.38. The first-order valence-electron chi connectivity index (χ1n) is 11.4. The highest BCUT2D eigenvalue weighted by molar-refractivity contribution is 7.10. The van der Waals surface area contributed by atoms with Crippen LogP contribution in [0.15, 0.2) is 71.3 Å². The number of para-hydroxylation sites is 1. The summed E-state index contributed by atoms with van der Waals surface area (Å²) in [6.07, 6.45) is -0.0955. The van der Waals surface area contributed by atoms with Crippen LogP contribution in [0.2, 0.25) is 0 Å². The number of hydrogen-bond donors (Lipinski definition) is 1. The Balaban J connectivity index is 1.83. The molecule has 0 saturated carbocycles. The molecule has 1 unspecified atom stereocenters. The van der Waals surface area contributed by atoms with E-state index in [-0.39, 0.29) is 23.4 Å². The van der Waals surface area contributed by atoms with Crippen molar-refractivity contribution in [2.75, 3.05) is 4.90 Å². The molecule has 1 aliphatic rings. The molecule has 0 bridgehead atoms. The molecule has 1 amide bonds. The highest BCUT2D eigenvalue weighted by Crippen LogP contribution is 2.45. The molecule has 2 aromatic carbocycles. The second-order valence-corrected chi connectivity index (χ2v) is 10.2. The number of nitrogens with zero attached hydrogens (tertiary/aromatic N) is 1. The van der Waals surface area contributed by atoms with E-state index in [4.69, 9.17) is 4.74 Å². The number of carbonyl (C=O) groups excluding carboxylic acids is 2. The van der Waals surface area contributed by atoms with Crippen LogP contribution in [0.25, 0.3) is 11.1 Å². The van der Waals surface area contributed by atoms with Crippen molar-refractivity contribution >= 4 is 28.7 Å². The number of ether oxygens (including phenoxy) is 1. The van der Waals surface area contributed by atoms with Gasteiger partial charge in [-0.25, -0.2) is 0 Å². The molecule has 4 rings (SSSR count). The van der Waals surface area contributed by atoms with Gasteiger partial charge in [0.15, 0.2) is 11.5 Å². The number of aliphatic hydroxyl groups excluding tert-OH is 1. The Kier molecular flexibility index (Phi) is 6.62. The monoisotopic (exact) mass is 475 g/mol. The van der Waals surface area contributed by atoms with Crippen molar-refractivity contribution in [3.05, 3.63) is 81.8 Å². The lowest BCUT2D eigenvalue weighted by molar-refractivity contribution is -0.119. The summed E-state index contributed by atoms with van der Waals surface area (Å²) in [6, 6.07) is 16.3. The highest BCUT2D eigenvalue weighted by atomic mass is 32.1. The van der Waals surface area contributed by atoms with Crippen LogP contribution >= 0.6 is 11.3 Å². The van der Waals surface area contributed by atoms with E-state index >= 15 is 0 Å². The van der Waals surface area contributed by atoms with Gasteiger partial charge in [0.25, 0.3) is 5.91 Å². The van der Waals surface area contributed by atoms with Crippen molar-refractivity contribution in [1.82, 2.24) is 0 Å². The molecule has 0 radical (unpaired) electrons. The largest absolute Gasteiger partial charge is 0.503 e. The Morgan fingerprint density at radius 1 is 1.03 bits per heavy atom. The molecule has 0 fully saturated rings. The normalized spacial score (nSPS) is 16.1. The molecular formula is C28H29NO4S. The van der Waals surface area contributed by atoms with Crippen LogP contribution in [0, 0.1) is 12.8 Å². The minimum Gasteiger partial charge on any atom is -0.503 e. The van der Waals surface area contributed by atoms with E-state index in [0.29, 0.717) is 17.0 Å². The summed E-state index contributed by atoms with van der Waals surface area (Å²) >= 11 is 1.68. The summed E-state index contributed by atoms with van der Waals surface area (Å²) in [5.41, 5.74) is 3.52. The van der Waals surface area contributed by atoms with Crippen LogP contribution in [-0.4, -0.2) is 22.9 Å². The first kappa shape index (κ1) is 23.8. The van der Waals surface area contributed by atoms with Gasteiger partial charge >= 0.3 is 0 Å². The Morgan fingerprint density at radius 2 is 1.71 bits per heavy atom. The molecular weight excluding hydrogens is 446 g/mol. The number of ketones is 1. The average Bonchev–Trinajstić information content (AvgIpc) is 3.34. The van der Waals surface area contributed by atoms with Crippen LogP contribution < -0.4 is 9.64 Å². The van der Waals surface area contributed by atoms with Crippen molar-refractivity contribution in [2.24, 2.45) is 5.92 Å².